The van der Waals surface area contributed by atoms with Gasteiger partial charge in [0, 0.05) is 12.7 Å². The van der Waals surface area contributed by atoms with E-state index in [0.29, 0.717) is 23.2 Å². The number of hydrogen-bond acceptors (Lipinski definition) is 1. The monoisotopic (exact) mass is 253 g/mol. The van der Waals surface area contributed by atoms with E-state index in [1.165, 1.54) is 6.07 Å². The summed E-state index contributed by atoms with van der Waals surface area (Å²) in [4.78, 5) is 10.7. The number of rotatable bonds is 2. The first-order valence-corrected chi connectivity index (χ1v) is 5.22. The molecule has 0 atom stereocenters. The van der Waals surface area contributed by atoms with E-state index < -0.39 is 11.7 Å². The third-order valence-electron chi connectivity index (χ3n) is 2.77. The Labute approximate surface area is 102 Å². The zero-order valence-corrected chi connectivity index (χ0v) is 9.53. The first-order chi connectivity index (χ1) is 8.43. The summed E-state index contributed by atoms with van der Waals surface area (Å²) in [6.45, 7) is 0. The van der Waals surface area contributed by atoms with Crippen LogP contribution in [-0.4, -0.2) is 10.9 Å². The third kappa shape index (κ3) is 2.16. The molecule has 0 aliphatic rings. The lowest BCUT2D eigenvalue weighted by molar-refractivity contribution is -0.137. The van der Waals surface area contributed by atoms with E-state index in [1.807, 2.05) is 0 Å². The van der Waals surface area contributed by atoms with Crippen molar-refractivity contribution in [3.8, 4) is 11.3 Å². The van der Waals surface area contributed by atoms with Crippen LogP contribution in [-0.2, 0) is 13.2 Å². The second kappa shape index (κ2) is 4.33. The molecule has 5 heteroatoms. The van der Waals surface area contributed by atoms with Gasteiger partial charge in [0.25, 0.3) is 0 Å². The standard InChI is InChI=1S/C13H10F3NO/c1-17-11(8-18)5-6-12(17)9-3-2-4-10(7-9)13(14,15)16/h2-8H,1H3. The van der Waals surface area contributed by atoms with Crippen molar-refractivity contribution in [1.82, 2.24) is 4.57 Å². The lowest BCUT2D eigenvalue weighted by Gasteiger charge is -2.09. The van der Waals surface area contributed by atoms with Gasteiger partial charge in [-0.25, -0.2) is 0 Å². The molecule has 0 bridgehead atoms. The van der Waals surface area contributed by atoms with Crippen molar-refractivity contribution < 1.29 is 18.0 Å². The quantitative estimate of drug-likeness (QED) is 0.750. The first-order valence-electron chi connectivity index (χ1n) is 5.22. The summed E-state index contributed by atoms with van der Waals surface area (Å²) in [5, 5.41) is 0. The molecule has 1 heterocycles. The molecular weight excluding hydrogens is 243 g/mol. The zero-order valence-electron chi connectivity index (χ0n) is 9.53. The van der Waals surface area contributed by atoms with Crippen LogP contribution in [0.25, 0.3) is 11.3 Å². The molecule has 0 radical (unpaired) electrons. The van der Waals surface area contributed by atoms with Gasteiger partial charge in [0.05, 0.1) is 11.3 Å². The summed E-state index contributed by atoms with van der Waals surface area (Å²) in [6, 6.07) is 8.23. The Kier molecular flexibility index (Phi) is 2.98. The number of nitrogens with zero attached hydrogens (tertiary/aromatic N) is 1. The zero-order chi connectivity index (χ0) is 13.3. The van der Waals surface area contributed by atoms with Gasteiger partial charge in [-0.15, -0.1) is 0 Å². The fourth-order valence-electron chi connectivity index (χ4n) is 1.79. The molecule has 0 aliphatic heterocycles. The first kappa shape index (κ1) is 12.4. The SMILES string of the molecule is Cn1c(C=O)ccc1-c1cccc(C(F)(F)F)c1. The van der Waals surface area contributed by atoms with Crippen molar-refractivity contribution in [3.63, 3.8) is 0 Å². The van der Waals surface area contributed by atoms with E-state index >= 15 is 0 Å². The number of alkyl halides is 3. The predicted octanol–water partition coefficient (Wildman–Crippen LogP) is 3.52. The van der Waals surface area contributed by atoms with Crippen LogP contribution in [0.5, 0.6) is 0 Å². The Morgan fingerprint density at radius 3 is 2.44 bits per heavy atom. The summed E-state index contributed by atoms with van der Waals surface area (Å²) >= 11 is 0. The maximum atomic E-state index is 12.6. The van der Waals surface area contributed by atoms with Crippen LogP contribution in [0.1, 0.15) is 16.1 Å². The Balaban J connectivity index is 2.51. The highest BCUT2D eigenvalue weighted by Gasteiger charge is 2.30. The van der Waals surface area contributed by atoms with Gasteiger partial charge in [0.2, 0.25) is 0 Å². The number of halogens is 3. The Morgan fingerprint density at radius 2 is 1.89 bits per heavy atom. The Bertz CT molecular complexity index is 584. The second-order valence-electron chi connectivity index (χ2n) is 3.90. The second-order valence-corrected chi connectivity index (χ2v) is 3.90. The fraction of sp³-hybridized carbons (Fsp3) is 0.154. The number of carbonyl (C=O) groups excluding carboxylic acids is 1. The molecule has 0 saturated heterocycles. The van der Waals surface area contributed by atoms with Crippen molar-refractivity contribution in [2.45, 2.75) is 6.18 Å². The molecule has 0 saturated carbocycles. The molecule has 0 aliphatic carbocycles. The van der Waals surface area contributed by atoms with E-state index in [4.69, 9.17) is 0 Å². The van der Waals surface area contributed by atoms with Crippen LogP contribution in [0.3, 0.4) is 0 Å². The smallest absolute Gasteiger partial charge is 0.341 e. The van der Waals surface area contributed by atoms with E-state index in [-0.39, 0.29) is 0 Å². The molecule has 0 unspecified atom stereocenters. The van der Waals surface area contributed by atoms with Crippen LogP contribution < -0.4 is 0 Å². The lowest BCUT2D eigenvalue weighted by atomic mass is 10.1. The molecule has 2 aromatic rings. The Hall–Kier alpha value is -2.04. The van der Waals surface area contributed by atoms with Gasteiger partial charge in [-0.2, -0.15) is 13.2 Å². The minimum atomic E-state index is -4.37. The number of hydrogen-bond donors (Lipinski definition) is 0. The van der Waals surface area contributed by atoms with Crippen molar-refractivity contribution in [2.24, 2.45) is 7.05 Å². The molecule has 0 fully saturated rings. The maximum absolute atomic E-state index is 12.6. The molecule has 0 N–H and O–H groups in total. The predicted molar refractivity (Wildman–Crippen MR) is 61.2 cm³/mol. The van der Waals surface area contributed by atoms with E-state index in [0.717, 1.165) is 12.1 Å². The van der Waals surface area contributed by atoms with Crippen molar-refractivity contribution >= 4 is 6.29 Å². The van der Waals surface area contributed by atoms with Gasteiger partial charge in [0.1, 0.15) is 0 Å². The van der Waals surface area contributed by atoms with Crippen LogP contribution >= 0.6 is 0 Å². The van der Waals surface area contributed by atoms with Gasteiger partial charge < -0.3 is 4.57 Å². The van der Waals surface area contributed by atoms with Gasteiger partial charge in [-0.3, -0.25) is 4.79 Å². The summed E-state index contributed by atoms with van der Waals surface area (Å²) in [5.74, 6) is 0. The number of aldehydes is 1. The topological polar surface area (TPSA) is 22.0 Å². The molecule has 0 amide bonds. The molecule has 1 aromatic carbocycles. The highest BCUT2D eigenvalue weighted by molar-refractivity contribution is 5.76. The van der Waals surface area contributed by atoms with Crippen LogP contribution in [0.15, 0.2) is 36.4 Å². The summed E-state index contributed by atoms with van der Waals surface area (Å²) < 4.78 is 39.3. The minimum Gasteiger partial charge on any atom is -0.341 e. The molecule has 2 rings (SSSR count). The van der Waals surface area contributed by atoms with E-state index in [9.17, 15) is 18.0 Å². The normalized spacial score (nSPS) is 11.6. The van der Waals surface area contributed by atoms with E-state index in [1.54, 1.807) is 29.8 Å². The maximum Gasteiger partial charge on any atom is 0.416 e. The van der Waals surface area contributed by atoms with Gasteiger partial charge in [-0.1, -0.05) is 12.1 Å². The fourth-order valence-corrected chi connectivity index (χ4v) is 1.79. The van der Waals surface area contributed by atoms with Crippen molar-refractivity contribution in [3.05, 3.63) is 47.7 Å². The van der Waals surface area contributed by atoms with Gasteiger partial charge >= 0.3 is 6.18 Å². The van der Waals surface area contributed by atoms with E-state index in [2.05, 4.69) is 0 Å². The van der Waals surface area contributed by atoms with Crippen LogP contribution in [0.2, 0.25) is 0 Å². The van der Waals surface area contributed by atoms with Crippen LogP contribution in [0.4, 0.5) is 13.2 Å². The molecule has 94 valence electrons. The number of aromatic nitrogens is 1. The molecular formula is C13H10F3NO. The highest BCUT2D eigenvalue weighted by Crippen LogP contribution is 2.32. The average Bonchev–Trinajstić information content (AvgIpc) is 2.69. The molecule has 2 nitrogen and oxygen atoms in total. The number of carbonyl (C=O) groups is 1. The largest absolute Gasteiger partial charge is 0.416 e. The summed E-state index contributed by atoms with van der Waals surface area (Å²) in [6.07, 6.45) is -3.70. The average molecular weight is 253 g/mol. The lowest BCUT2D eigenvalue weighted by Crippen LogP contribution is -2.05. The van der Waals surface area contributed by atoms with Crippen molar-refractivity contribution in [2.75, 3.05) is 0 Å². The highest BCUT2D eigenvalue weighted by atomic mass is 19.4. The summed E-state index contributed by atoms with van der Waals surface area (Å²) in [7, 11) is 1.64. The summed E-state index contributed by atoms with van der Waals surface area (Å²) in [5.41, 5.74) is 0.722. The van der Waals surface area contributed by atoms with Crippen molar-refractivity contribution in [1.29, 1.82) is 0 Å². The van der Waals surface area contributed by atoms with Gasteiger partial charge in [-0.05, 0) is 29.8 Å². The molecule has 0 spiro atoms. The van der Waals surface area contributed by atoms with Gasteiger partial charge in [0.15, 0.2) is 6.29 Å². The molecule has 1 aromatic heterocycles. The number of benzene rings is 1. The van der Waals surface area contributed by atoms with Crippen LogP contribution in [0, 0.1) is 0 Å². The minimum absolute atomic E-state index is 0.419. The third-order valence-corrected chi connectivity index (χ3v) is 2.77. The Morgan fingerprint density at radius 1 is 1.17 bits per heavy atom. The molecule has 18 heavy (non-hydrogen) atoms.